The van der Waals surface area contributed by atoms with E-state index in [1.165, 1.54) is 6.07 Å². The summed E-state index contributed by atoms with van der Waals surface area (Å²) in [6.07, 6.45) is 1.75. The molecular formula is C11H13FN2O3S. The van der Waals surface area contributed by atoms with Crippen molar-refractivity contribution in [3.8, 4) is 0 Å². The van der Waals surface area contributed by atoms with Gasteiger partial charge >= 0.3 is 0 Å². The van der Waals surface area contributed by atoms with Crippen LogP contribution < -0.4 is 10.5 Å². The Labute approximate surface area is 104 Å². The number of nitrogens with one attached hydrogen (secondary N) is 1. The van der Waals surface area contributed by atoms with Crippen LogP contribution in [0.5, 0.6) is 0 Å². The van der Waals surface area contributed by atoms with Crippen molar-refractivity contribution in [1.29, 1.82) is 0 Å². The highest BCUT2D eigenvalue weighted by Gasteiger charge is 2.38. The van der Waals surface area contributed by atoms with Crippen LogP contribution in [0, 0.1) is 5.82 Å². The number of hydrogen-bond acceptors (Lipinski definition) is 3. The van der Waals surface area contributed by atoms with E-state index in [-0.39, 0.29) is 11.1 Å². The molecule has 0 bridgehead atoms. The zero-order chi connectivity index (χ0) is 13.6. The lowest BCUT2D eigenvalue weighted by Gasteiger charge is -2.12. The fourth-order valence-electron chi connectivity index (χ4n) is 1.52. The Kier molecular flexibility index (Phi) is 2.90. The van der Waals surface area contributed by atoms with E-state index in [0.29, 0.717) is 0 Å². The van der Waals surface area contributed by atoms with Crippen molar-refractivity contribution in [3.05, 3.63) is 29.6 Å². The van der Waals surface area contributed by atoms with Crippen molar-refractivity contribution in [3.63, 3.8) is 0 Å². The summed E-state index contributed by atoms with van der Waals surface area (Å²) >= 11 is 0. The molecule has 0 saturated heterocycles. The molecule has 1 saturated carbocycles. The second-order valence-electron chi connectivity index (χ2n) is 4.70. The highest BCUT2D eigenvalue weighted by atomic mass is 32.2. The molecule has 0 radical (unpaired) electrons. The van der Waals surface area contributed by atoms with Crippen LogP contribution in [0.3, 0.4) is 0 Å². The molecule has 1 fully saturated rings. The fraction of sp³-hybridized carbons (Fsp3) is 0.364. The van der Waals surface area contributed by atoms with E-state index in [1.54, 1.807) is 0 Å². The molecule has 0 heterocycles. The summed E-state index contributed by atoms with van der Waals surface area (Å²) in [5.74, 6) is -1.40. The SMILES string of the molecule is CC1(NC(=O)c2ccc(F)c(S(N)(=O)=O)c2)CC1. The number of halogens is 1. The second kappa shape index (κ2) is 4.03. The van der Waals surface area contributed by atoms with Crippen molar-refractivity contribution >= 4 is 15.9 Å². The molecule has 0 aromatic heterocycles. The van der Waals surface area contributed by atoms with E-state index >= 15 is 0 Å². The summed E-state index contributed by atoms with van der Waals surface area (Å²) < 4.78 is 35.6. The van der Waals surface area contributed by atoms with Gasteiger partial charge in [0.15, 0.2) is 0 Å². The minimum Gasteiger partial charge on any atom is -0.347 e. The molecule has 0 atom stereocenters. The van der Waals surface area contributed by atoms with Gasteiger partial charge in [0.05, 0.1) is 0 Å². The number of benzene rings is 1. The van der Waals surface area contributed by atoms with E-state index in [9.17, 15) is 17.6 Å². The number of nitrogens with two attached hydrogens (primary N) is 1. The zero-order valence-electron chi connectivity index (χ0n) is 9.73. The number of sulfonamides is 1. The average molecular weight is 272 g/mol. The van der Waals surface area contributed by atoms with Gasteiger partial charge in [0.2, 0.25) is 10.0 Å². The predicted octanol–water partition coefficient (Wildman–Crippen LogP) is 0.755. The molecule has 18 heavy (non-hydrogen) atoms. The van der Waals surface area contributed by atoms with Crippen molar-refractivity contribution in [2.45, 2.75) is 30.2 Å². The second-order valence-corrected chi connectivity index (χ2v) is 6.23. The molecule has 1 amide bonds. The van der Waals surface area contributed by atoms with Crippen molar-refractivity contribution < 1.29 is 17.6 Å². The Balaban J connectivity index is 2.32. The summed E-state index contributed by atoms with van der Waals surface area (Å²) in [5.41, 5.74) is -0.152. The van der Waals surface area contributed by atoms with Crippen LogP contribution in [0.2, 0.25) is 0 Å². The first kappa shape index (κ1) is 13.0. The molecule has 0 spiro atoms. The van der Waals surface area contributed by atoms with Crippen molar-refractivity contribution in [2.24, 2.45) is 5.14 Å². The minimum absolute atomic E-state index is 0.0774. The maximum Gasteiger partial charge on any atom is 0.251 e. The van der Waals surface area contributed by atoms with Crippen LogP contribution in [-0.4, -0.2) is 19.9 Å². The Morgan fingerprint density at radius 2 is 2.06 bits per heavy atom. The molecule has 1 aliphatic rings. The van der Waals surface area contributed by atoms with E-state index < -0.39 is 26.6 Å². The van der Waals surface area contributed by atoms with Crippen LogP contribution in [0.25, 0.3) is 0 Å². The third-order valence-corrected chi connectivity index (χ3v) is 3.84. The quantitative estimate of drug-likeness (QED) is 0.851. The molecule has 5 nitrogen and oxygen atoms in total. The summed E-state index contributed by atoms with van der Waals surface area (Å²) in [4.78, 5) is 11.2. The van der Waals surface area contributed by atoms with Crippen LogP contribution in [0.4, 0.5) is 4.39 Å². The van der Waals surface area contributed by atoms with E-state index in [1.807, 2.05) is 6.92 Å². The lowest BCUT2D eigenvalue weighted by atomic mass is 10.2. The summed E-state index contributed by atoms with van der Waals surface area (Å²) in [6, 6.07) is 3.10. The predicted molar refractivity (Wildman–Crippen MR) is 62.9 cm³/mol. The van der Waals surface area contributed by atoms with Gasteiger partial charge in [-0.3, -0.25) is 4.79 Å². The number of hydrogen-bond donors (Lipinski definition) is 2. The number of primary sulfonamides is 1. The smallest absolute Gasteiger partial charge is 0.251 e. The van der Waals surface area contributed by atoms with Gasteiger partial charge in [-0.25, -0.2) is 17.9 Å². The molecule has 98 valence electrons. The number of amides is 1. The topological polar surface area (TPSA) is 89.3 Å². The lowest BCUT2D eigenvalue weighted by Crippen LogP contribution is -2.34. The number of carbonyl (C=O) groups excluding carboxylic acids is 1. The first-order chi connectivity index (χ1) is 8.21. The molecule has 0 unspecified atom stereocenters. The molecule has 0 aliphatic heterocycles. The molecule has 1 aliphatic carbocycles. The number of carbonyl (C=O) groups is 1. The summed E-state index contributed by atoms with van der Waals surface area (Å²) in [7, 11) is -4.17. The van der Waals surface area contributed by atoms with Crippen LogP contribution in [-0.2, 0) is 10.0 Å². The van der Waals surface area contributed by atoms with E-state index in [4.69, 9.17) is 5.14 Å². The number of rotatable bonds is 3. The monoisotopic (exact) mass is 272 g/mol. The average Bonchev–Trinajstić information content (AvgIpc) is 2.94. The van der Waals surface area contributed by atoms with Gasteiger partial charge in [0.1, 0.15) is 10.7 Å². The van der Waals surface area contributed by atoms with E-state index in [2.05, 4.69) is 5.32 Å². The van der Waals surface area contributed by atoms with E-state index in [0.717, 1.165) is 25.0 Å². The third kappa shape index (κ3) is 2.68. The maximum absolute atomic E-state index is 13.3. The van der Waals surface area contributed by atoms with Gasteiger partial charge in [-0.1, -0.05) is 0 Å². The molecule has 7 heteroatoms. The zero-order valence-corrected chi connectivity index (χ0v) is 10.6. The van der Waals surface area contributed by atoms with Gasteiger partial charge in [0, 0.05) is 11.1 Å². The first-order valence-electron chi connectivity index (χ1n) is 5.36. The van der Waals surface area contributed by atoms with Crippen LogP contribution >= 0.6 is 0 Å². The van der Waals surface area contributed by atoms with Gasteiger partial charge in [-0.05, 0) is 38.0 Å². The molecule has 2 rings (SSSR count). The Hall–Kier alpha value is -1.47. The van der Waals surface area contributed by atoms with Gasteiger partial charge in [-0.2, -0.15) is 0 Å². The molecule has 1 aromatic rings. The van der Waals surface area contributed by atoms with Crippen LogP contribution in [0.15, 0.2) is 23.1 Å². The Morgan fingerprint density at radius 3 is 2.56 bits per heavy atom. The van der Waals surface area contributed by atoms with Gasteiger partial charge in [0.25, 0.3) is 5.91 Å². The highest BCUT2D eigenvalue weighted by molar-refractivity contribution is 7.89. The lowest BCUT2D eigenvalue weighted by molar-refractivity contribution is 0.0935. The van der Waals surface area contributed by atoms with Gasteiger partial charge in [-0.15, -0.1) is 0 Å². The molecule has 1 aromatic carbocycles. The maximum atomic E-state index is 13.3. The fourth-order valence-corrected chi connectivity index (χ4v) is 2.15. The standard InChI is InChI=1S/C11H13FN2O3S/c1-11(4-5-11)14-10(15)7-2-3-8(12)9(6-7)18(13,16)17/h2-3,6H,4-5H2,1H3,(H,14,15)(H2,13,16,17). The largest absolute Gasteiger partial charge is 0.347 e. The van der Waals surface area contributed by atoms with Crippen molar-refractivity contribution in [1.82, 2.24) is 5.32 Å². The Bertz CT molecular complexity index is 609. The molecule has 3 N–H and O–H groups in total. The first-order valence-corrected chi connectivity index (χ1v) is 6.91. The van der Waals surface area contributed by atoms with Crippen LogP contribution in [0.1, 0.15) is 30.1 Å². The third-order valence-electron chi connectivity index (χ3n) is 2.92. The van der Waals surface area contributed by atoms with Gasteiger partial charge < -0.3 is 5.32 Å². The normalized spacial score (nSPS) is 17.3. The van der Waals surface area contributed by atoms with Crippen molar-refractivity contribution in [2.75, 3.05) is 0 Å². The Morgan fingerprint density at radius 1 is 1.44 bits per heavy atom. The molecular weight excluding hydrogens is 259 g/mol. The highest BCUT2D eigenvalue weighted by Crippen LogP contribution is 2.34. The minimum atomic E-state index is -4.17. The summed E-state index contributed by atoms with van der Waals surface area (Å²) in [6.45, 7) is 1.88. The summed E-state index contributed by atoms with van der Waals surface area (Å²) in [5, 5.41) is 7.61.